The first-order valence-electron chi connectivity index (χ1n) is 9.18. The van der Waals surface area contributed by atoms with Crippen molar-refractivity contribution in [3.63, 3.8) is 0 Å². The molecule has 1 N–H and O–H groups in total. The molecule has 0 amide bonds. The van der Waals surface area contributed by atoms with Crippen LogP contribution in [0.1, 0.15) is 78.6 Å². The number of carboxylic acids is 1. The molecule has 23 heavy (non-hydrogen) atoms. The summed E-state index contributed by atoms with van der Waals surface area (Å²) in [5.74, 6) is -1.15. The minimum atomic E-state index is -0.936. The maximum atomic E-state index is 12.8. The molecule has 2 unspecified atom stereocenters. The summed E-state index contributed by atoms with van der Waals surface area (Å²) in [6.45, 7) is 6.26. The van der Waals surface area contributed by atoms with Gasteiger partial charge in [0.2, 0.25) is 0 Å². The van der Waals surface area contributed by atoms with Crippen molar-refractivity contribution in [1.82, 2.24) is 0 Å². The number of hydrogen-bond donors (Lipinski definition) is 1. The van der Waals surface area contributed by atoms with Gasteiger partial charge in [0.05, 0.1) is 11.1 Å². The van der Waals surface area contributed by atoms with E-state index in [1.807, 2.05) is 0 Å². The number of carboxylic acid groups (broad SMARTS) is 1. The van der Waals surface area contributed by atoms with E-state index in [0.717, 1.165) is 57.8 Å². The zero-order valence-corrected chi connectivity index (χ0v) is 14.7. The first-order valence-corrected chi connectivity index (χ1v) is 9.18. The van der Waals surface area contributed by atoms with E-state index in [9.17, 15) is 14.7 Å². The second kappa shape index (κ2) is 7.50. The molecule has 130 valence electrons. The van der Waals surface area contributed by atoms with Crippen LogP contribution in [-0.2, 0) is 14.3 Å². The molecular weight excluding hydrogens is 292 g/mol. The van der Waals surface area contributed by atoms with E-state index in [4.69, 9.17) is 4.74 Å². The fourth-order valence-corrected chi connectivity index (χ4v) is 4.26. The van der Waals surface area contributed by atoms with Crippen LogP contribution in [0, 0.1) is 11.8 Å². The predicted molar refractivity (Wildman–Crippen MR) is 89.0 cm³/mol. The van der Waals surface area contributed by atoms with Gasteiger partial charge in [-0.3, -0.25) is 0 Å². The third-order valence-corrected chi connectivity index (χ3v) is 5.82. The number of rotatable bonds is 9. The van der Waals surface area contributed by atoms with Crippen LogP contribution in [0.3, 0.4) is 0 Å². The highest BCUT2D eigenvalue weighted by Gasteiger charge is 2.46. The molecule has 2 atom stereocenters. The molecule has 0 aromatic carbocycles. The van der Waals surface area contributed by atoms with Crippen LogP contribution in [0.4, 0.5) is 0 Å². The Morgan fingerprint density at radius 1 is 1.09 bits per heavy atom. The second-order valence-corrected chi connectivity index (χ2v) is 7.08. The van der Waals surface area contributed by atoms with Crippen molar-refractivity contribution in [3.05, 3.63) is 11.1 Å². The highest BCUT2D eigenvalue weighted by atomic mass is 16.6. The summed E-state index contributed by atoms with van der Waals surface area (Å²) in [6.07, 6.45) is 8.37. The van der Waals surface area contributed by atoms with Crippen LogP contribution in [0.2, 0.25) is 0 Å². The second-order valence-electron chi connectivity index (χ2n) is 7.08. The highest BCUT2D eigenvalue weighted by Crippen LogP contribution is 2.49. The van der Waals surface area contributed by atoms with Gasteiger partial charge in [-0.15, -0.1) is 0 Å². The average Bonchev–Trinajstić information content (AvgIpc) is 3.14. The molecule has 4 heteroatoms. The smallest absolute Gasteiger partial charge is 0.335 e. The fourth-order valence-electron chi connectivity index (χ4n) is 4.26. The highest BCUT2D eigenvalue weighted by molar-refractivity contribution is 6.01. The Hall–Kier alpha value is -1.32. The Morgan fingerprint density at radius 3 is 2.22 bits per heavy atom. The third kappa shape index (κ3) is 3.61. The standard InChI is InChI=1S/C19H30O4/c1-4-7-8-11-19(5-2,6-3)23-18(22)16-14-10-9-13(12-14)15(16)17(20)21/h13-14H,4-12H2,1-3H3,(H,20,21). The molecule has 0 aromatic rings. The number of hydrogen-bond acceptors (Lipinski definition) is 3. The van der Waals surface area contributed by atoms with Crippen LogP contribution in [0.25, 0.3) is 0 Å². The average molecular weight is 322 g/mol. The van der Waals surface area contributed by atoms with Crippen molar-refractivity contribution in [2.24, 2.45) is 11.8 Å². The molecule has 0 aromatic heterocycles. The van der Waals surface area contributed by atoms with E-state index in [0.29, 0.717) is 11.1 Å². The van der Waals surface area contributed by atoms with E-state index in [1.165, 1.54) is 0 Å². The molecule has 2 rings (SSSR count). The van der Waals surface area contributed by atoms with Gasteiger partial charge in [0.15, 0.2) is 0 Å². The molecule has 0 aliphatic heterocycles. The summed E-state index contributed by atoms with van der Waals surface area (Å²) in [4.78, 5) is 24.3. The number of ether oxygens (including phenoxy) is 1. The van der Waals surface area contributed by atoms with E-state index in [1.54, 1.807) is 0 Å². The van der Waals surface area contributed by atoms with Gasteiger partial charge in [-0.25, -0.2) is 9.59 Å². The van der Waals surface area contributed by atoms with Gasteiger partial charge < -0.3 is 9.84 Å². The van der Waals surface area contributed by atoms with Crippen LogP contribution in [0.15, 0.2) is 11.1 Å². The molecule has 0 radical (unpaired) electrons. The molecule has 1 saturated carbocycles. The number of aliphatic carboxylic acids is 1. The Balaban J connectivity index is 2.16. The molecular formula is C19H30O4. The van der Waals surface area contributed by atoms with E-state index in [-0.39, 0.29) is 17.8 Å². The maximum absolute atomic E-state index is 12.8. The van der Waals surface area contributed by atoms with Crippen molar-refractivity contribution in [2.75, 3.05) is 0 Å². The Bertz CT molecular complexity index is 488. The van der Waals surface area contributed by atoms with Crippen molar-refractivity contribution in [3.8, 4) is 0 Å². The normalized spacial score (nSPS) is 23.4. The number of carbonyl (C=O) groups is 2. The van der Waals surface area contributed by atoms with E-state index >= 15 is 0 Å². The summed E-state index contributed by atoms with van der Waals surface area (Å²) in [5, 5.41) is 9.48. The zero-order chi connectivity index (χ0) is 17.0. The zero-order valence-electron chi connectivity index (χ0n) is 14.7. The summed E-state index contributed by atoms with van der Waals surface area (Å²) >= 11 is 0. The quantitative estimate of drug-likeness (QED) is 0.502. The van der Waals surface area contributed by atoms with Crippen LogP contribution >= 0.6 is 0 Å². The van der Waals surface area contributed by atoms with Gasteiger partial charge in [0.25, 0.3) is 0 Å². The molecule has 2 aliphatic rings. The Kier molecular flexibility index (Phi) is 5.88. The SMILES string of the molecule is CCCCCC(CC)(CC)OC(=O)C1=C(C(=O)O)C2CCC1C2. The largest absolute Gasteiger partial charge is 0.478 e. The first-order chi connectivity index (χ1) is 11.0. The van der Waals surface area contributed by atoms with Gasteiger partial charge in [0.1, 0.15) is 5.60 Å². The van der Waals surface area contributed by atoms with Gasteiger partial charge in [-0.1, -0.05) is 33.6 Å². The van der Waals surface area contributed by atoms with Crippen molar-refractivity contribution >= 4 is 11.9 Å². The minimum absolute atomic E-state index is 0.0535. The fraction of sp³-hybridized carbons (Fsp3) is 0.789. The van der Waals surface area contributed by atoms with Crippen LogP contribution in [0.5, 0.6) is 0 Å². The molecule has 0 spiro atoms. The van der Waals surface area contributed by atoms with Crippen molar-refractivity contribution in [1.29, 1.82) is 0 Å². The summed E-state index contributed by atoms with van der Waals surface area (Å²) in [5.41, 5.74) is 0.362. The van der Waals surface area contributed by atoms with Gasteiger partial charge in [-0.2, -0.15) is 0 Å². The van der Waals surface area contributed by atoms with Gasteiger partial charge in [0, 0.05) is 0 Å². The number of unbranched alkanes of at least 4 members (excludes halogenated alkanes) is 2. The summed E-state index contributed by atoms with van der Waals surface area (Å²) in [7, 11) is 0. The molecule has 2 aliphatic carbocycles. The van der Waals surface area contributed by atoms with Crippen molar-refractivity contribution < 1.29 is 19.4 Å². The molecule has 1 fully saturated rings. The van der Waals surface area contributed by atoms with Crippen molar-refractivity contribution in [2.45, 2.75) is 84.2 Å². The minimum Gasteiger partial charge on any atom is -0.478 e. The topological polar surface area (TPSA) is 63.6 Å². The lowest BCUT2D eigenvalue weighted by Crippen LogP contribution is -2.35. The van der Waals surface area contributed by atoms with E-state index in [2.05, 4.69) is 20.8 Å². The lowest BCUT2D eigenvalue weighted by atomic mass is 9.89. The van der Waals surface area contributed by atoms with Crippen LogP contribution in [-0.4, -0.2) is 22.6 Å². The molecule has 4 nitrogen and oxygen atoms in total. The predicted octanol–water partition coefficient (Wildman–Crippen LogP) is 4.48. The lowest BCUT2D eigenvalue weighted by molar-refractivity contribution is -0.158. The summed E-state index contributed by atoms with van der Waals surface area (Å²) in [6, 6.07) is 0. The number of esters is 1. The lowest BCUT2D eigenvalue weighted by Gasteiger charge is -2.33. The summed E-state index contributed by atoms with van der Waals surface area (Å²) < 4.78 is 5.94. The maximum Gasteiger partial charge on any atom is 0.335 e. The molecule has 0 saturated heterocycles. The number of carbonyl (C=O) groups excluding carboxylic acids is 1. The van der Waals surface area contributed by atoms with Gasteiger partial charge >= 0.3 is 11.9 Å². The van der Waals surface area contributed by atoms with Gasteiger partial charge in [-0.05, 0) is 56.8 Å². The van der Waals surface area contributed by atoms with E-state index < -0.39 is 11.6 Å². The Labute approximate surface area is 139 Å². The molecule has 0 heterocycles. The molecule has 2 bridgehead atoms. The third-order valence-electron chi connectivity index (χ3n) is 5.82. The number of fused-ring (bicyclic) bond motifs is 2. The monoisotopic (exact) mass is 322 g/mol. The Morgan fingerprint density at radius 2 is 1.70 bits per heavy atom. The van der Waals surface area contributed by atoms with Crippen LogP contribution < -0.4 is 0 Å². The first kappa shape index (κ1) is 18.0.